The Labute approximate surface area is 258 Å². The fourth-order valence-corrected chi connectivity index (χ4v) is 7.09. The molecule has 4 aromatic carbocycles. The normalized spacial score (nSPS) is 16.0. The number of allylic oxidation sites excluding steroid dienone is 1. The van der Waals surface area contributed by atoms with E-state index >= 15 is 0 Å². The number of fused-ring (bicyclic) bond motifs is 3. The molecule has 2 aliphatic rings. The van der Waals surface area contributed by atoms with Crippen LogP contribution in [0.3, 0.4) is 0 Å². The van der Waals surface area contributed by atoms with Crippen molar-refractivity contribution < 1.29 is 4.74 Å². The molecule has 1 aromatic heterocycles. The van der Waals surface area contributed by atoms with Crippen LogP contribution in [0.1, 0.15) is 40.3 Å². The highest BCUT2D eigenvalue weighted by atomic mass is 79.9. The van der Waals surface area contributed by atoms with Gasteiger partial charge in [0.15, 0.2) is 4.80 Å². The Balaban J connectivity index is 1.30. The Kier molecular flexibility index (Phi) is 7.11. The number of aromatic nitrogens is 1. The van der Waals surface area contributed by atoms with E-state index in [1.54, 1.807) is 0 Å². The number of hydrogen-bond acceptors (Lipinski definition) is 4. The monoisotopic (exact) mass is 682 g/mol. The molecule has 7 heteroatoms. The molecule has 2 heterocycles. The number of halogens is 2. The van der Waals surface area contributed by atoms with Gasteiger partial charge in [0.1, 0.15) is 12.4 Å². The molecule has 1 aliphatic carbocycles. The van der Waals surface area contributed by atoms with Gasteiger partial charge in [-0.05, 0) is 83.1 Å². The molecule has 7 rings (SSSR count). The zero-order valence-electron chi connectivity index (χ0n) is 21.9. The lowest BCUT2D eigenvalue weighted by molar-refractivity contribution is 0.306. The average Bonchev–Trinajstić information content (AvgIpc) is 3.30. The van der Waals surface area contributed by atoms with E-state index in [1.807, 2.05) is 71.3 Å². The first-order valence-electron chi connectivity index (χ1n) is 13.4. The fourth-order valence-electron chi connectivity index (χ4n) is 5.56. The fraction of sp³-hybridized carbons (Fsp3) is 0.118. The van der Waals surface area contributed by atoms with Crippen molar-refractivity contribution in [1.82, 2.24) is 4.57 Å². The van der Waals surface area contributed by atoms with Gasteiger partial charge in [-0.15, -0.1) is 0 Å². The minimum absolute atomic E-state index is 0.0201. The Morgan fingerprint density at radius 1 is 0.902 bits per heavy atom. The zero-order chi connectivity index (χ0) is 27.9. The van der Waals surface area contributed by atoms with Gasteiger partial charge in [-0.25, -0.2) is 4.99 Å². The topological polar surface area (TPSA) is 43.6 Å². The molecule has 0 saturated heterocycles. The summed E-state index contributed by atoms with van der Waals surface area (Å²) in [5.74, 6) is 0.759. The predicted molar refractivity (Wildman–Crippen MR) is 172 cm³/mol. The Hall–Kier alpha value is -3.52. The molecular weight excluding hydrogens is 660 g/mol. The Morgan fingerprint density at radius 2 is 1.66 bits per heavy atom. The SMILES string of the molecule is O=c1/c(=C\c2cccc(OCc3ccc(Br)cc3)c2)sc2n1[C@H](c1ccc(Br)cc1)C1=C(N=2)c2ccccc2CC1. The van der Waals surface area contributed by atoms with Gasteiger partial charge in [0.05, 0.1) is 16.3 Å². The van der Waals surface area contributed by atoms with Crippen molar-refractivity contribution in [2.45, 2.75) is 25.5 Å². The molecule has 1 atom stereocenters. The third kappa shape index (κ3) is 5.18. The van der Waals surface area contributed by atoms with E-state index in [-0.39, 0.29) is 11.6 Å². The lowest BCUT2D eigenvalue weighted by Gasteiger charge is -2.30. The molecule has 202 valence electrons. The molecule has 0 radical (unpaired) electrons. The summed E-state index contributed by atoms with van der Waals surface area (Å²) in [4.78, 5) is 19.9. The van der Waals surface area contributed by atoms with Crippen molar-refractivity contribution in [2.24, 2.45) is 4.99 Å². The van der Waals surface area contributed by atoms with Crippen LogP contribution in [-0.4, -0.2) is 4.57 Å². The minimum Gasteiger partial charge on any atom is -0.489 e. The summed E-state index contributed by atoms with van der Waals surface area (Å²) in [5, 5.41) is 0. The number of ether oxygens (including phenoxy) is 1. The van der Waals surface area contributed by atoms with Crippen LogP contribution in [0.4, 0.5) is 0 Å². The molecule has 0 spiro atoms. The van der Waals surface area contributed by atoms with E-state index in [0.29, 0.717) is 11.1 Å². The van der Waals surface area contributed by atoms with Crippen molar-refractivity contribution in [1.29, 1.82) is 0 Å². The quantitative estimate of drug-likeness (QED) is 0.194. The van der Waals surface area contributed by atoms with E-state index < -0.39 is 0 Å². The Morgan fingerprint density at radius 3 is 2.46 bits per heavy atom. The number of thiazole rings is 1. The molecule has 0 unspecified atom stereocenters. The van der Waals surface area contributed by atoms with E-state index in [4.69, 9.17) is 9.73 Å². The van der Waals surface area contributed by atoms with Crippen LogP contribution in [0.5, 0.6) is 5.75 Å². The van der Waals surface area contributed by atoms with Crippen LogP contribution in [0, 0.1) is 0 Å². The molecular formula is C34H24Br2N2O2S. The summed E-state index contributed by atoms with van der Waals surface area (Å²) in [5.41, 5.74) is 7.76. The minimum atomic E-state index is -0.189. The molecule has 4 nitrogen and oxygen atoms in total. The van der Waals surface area contributed by atoms with E-state index in [1.165, 1.54) is 28.0 Å². The van der Waals surface area contributed by atoms with Crippen LogP contribution >= 0.6 is 43.2 Å². The summed E-state index contributed by atoms with van der Waals surface area (Å²) in [6.07, 6.45) is 3.76. The van der Waals surface area contributed by atoms with Gasteiger partial charge in [0, 0.05) is 14.5 Å². The second-order valence-corrected chi connectivity index (χ2v) is 13.0. The van der Waals surface area contributed by atoms with Gasteiger partial charge in [-0.1, -0.05) is 104 Å². The molecule has 0 amide bonds. The highest BCUT2D eigenvalue weighted by molar-refractivity contribution is 9.10. The van der Waals surface area contributed by atoms with E-state index in [2.05, 4.69) is 68.3 Å². The van der Waals surface area contributed by atoms with Gasteiger partial charge in [0.2, 0.25) is 0 Å². The van der Waals surface area contributed by atoms with E-state index in [9.17, 15) is 4.79 Å². The number of hydrogen-bond donors (Lipinski definition) is 0. The highest BCUT2D eigenvalue weighted by Gasteiger charge is 2.32. The largest absolute Gasteiger partial charge is 0.489 e. The summed E-state index contributed by atoms with van der Waals surface area (Å²) >= 11 is 8.48. The van der Waals surface area contributed by atoms with Crippen LogP contribution in [0.15, 0.2) is 121 Å². The van der Waals surface area contributed by atoms with Crippen LogP contribution in [0.25, 0.3) is 11.8 Å². The van der Waals surface area contributed by atoms with Crippen molar-refractivity contribution in [3.8, 4) is 5.75 Å². The molecule has 41 heavy (non-hydrogen) atoms. The lowest BCUT2D eigenvalue weighted by atomic mass is 9.83. The number of benzene rings is 4. The van der Waals surface area contributed by atoms with Crippen LogP contribution < -0.4 is 19.6 Å². The van der Waals surface area contributed by atoms with E-state index in [0.717, 1.165) is 54.7 Å². The summed E-state index contributed by atoms with van der Waals surface area (Å²) in [6, 6.07) is 32.6. The maximum Gasteiger partial charge on any atom is 0.271 e. The highest BCUT2D eigenvalue weighted by Crippen LogP contribution is 2.41. The van der Waals surface area contributed by atoms with Gasteiger partial charge in [-0.2, -0.15) is 0 Å². The summed E-state index contributed by atoms with van der Waals surface area (Å²) in [6.45, 7) is 0.471. The maximum atomic E-state index is 14.0. The second-order valence-electron chi connectivity index (χ2n) is 10.2. The summed E-state index contributed by atoms with van der Waals surface area (Å²) < 4.78 is 10.7. The summed E-state index contributed by atoms with van der Waals surface area (Å²) in [7, 11) is 0. The lowest BCUT2D eigenvalue weighted by Crippen LogP contribution is -2.38. The first kappa shape index (κ1) is 26.4. The number of rotatable bonds is 5. The molecule has 0 N–H and O–H groups in total. The first-order chi connectivity index (χ1) is 20.0. The number of aryl methyl sites for hydroxylation is 1. The van der Waals surface area contributed by atoms with Crippen molar-refractivity contribution >= 4 is 55.0 Å². The second kappa shape index (κ2) is 11.0. The van der Waals surface area contributed by atoms with Gasteiger partial charge >= 0.3 is 0 Å². The molecule has 5 aromatic rings. The zero-order valence-corrected chi connectivity index (χ0v) is 25.9. The predicted octanol–water partition coefficient (Wildman–Crippen LogP) is 7.42. The molecule has 0 saturated carbocycles. The van der Waals surface area contributed by atoms with Gasteiger partial charge < -0.3 is 4.74 Å². The average molecular weight is 684 g/mol. The third-order valence-corrected chi connectivity index (χ3v) is 9.57. The standard InChI is InChI=1S/C34H24Br2N2O2S/c35-25-13-8-21(9-14-25)20-40-27-6-3-4-22(18-27)19-30-33(39)38-32(24-10-15-26(36)16-11-24)29-17-12-23-5-1-2-7-28(23)31(29)37-34(38)41-30/h1-11,13-16,18-19,32H,12,17,20H2/b30-19+/t32-/m1/s1. The molecule has 0 bridgehead atoms. The number of nitrogens with zero attached hydrogens (tertiary/aromatic N) is 2. The van der Waals surface area contributed by atoms with Crippen molar-refractivity contribution in [3.05, 3.63) is 159 Å². The first-order valence-corrected chi connectivity index (χ1v) is 15.8. The van der Waals surface area contributed by atoms with Crippen molar-refractivity contribution in [3.63, 3.8) is 0 Å². The Bertz CT molecular complexity index is 1990. The van der Waals surface area contributed by atoms with Crippen LogP contribution in [0.2, 0.25) is 0 Å². The molecule has 0 fully saturated rings. The smallest absolute Gasteiger partial charge is 0.271 e. The maximum absolute atomic E-state index is 14.0. The van der Waals surface area contributed by atoms with Gasteiger partial charge in [-0.3, -0.25) is 9.36 Å². The van der Waals surface area contributed by atoms with Crippen molar-refractivity contribution in [2.75, 3.05) is 0 Å². The van der Waals surface area contributed by atoms with Crippen LogP contribution in [-0.2, 0) is 13.0 Å². The third-order valence-electron chi connectivity index (χ3n) is 7.53. The molecule has 1 aliphatic heterocycles. The van der Waals surface area contributed by atoms with Gasteiger partial charge in [0.25, 0.3) is 5.56 Å².